The summed E-state index contributed by atoms with van der Waals surface area (Å²) in [5.41, 5.74) is 3.53. The van der Waals surface area contributed by atoms with Gasteiger partial charge in [0.2, 0.25) is 5.89 Å². The number of benzene rings is 2. The van der Waals surface area contributed by atoms with Crippen molar-refractivity contribution in [2.24, 2.45) is 0 Å². The molecule has 2 aromatic heterocycles. The van der Waals surface area contributed by atoms with Gasteiger partial charge in [-0.05, 0) is 51.1 Å². The number of carbonyl (C=O) groups is 2. The first-order chi connectivity index (χ1) is 16.9. The molecule has 0 aliphatic heterocycles. The molecular formula is C26H27N5O4. The highest BCUT2D eigenvalue weighted by Crippen LogP contribution is 2.24. The lowest BCUT2D eigenvalue weighted by molar-refractivity contribution is -0.118. The molecule has 2 heterocycles. The van der Waals surface area contributed by atoms with E-state index in [0.717, 1.165) is 5.56 Å². The lowest BCUT2D eigenvalue weighted by atomic mass is 10.2. The number of nitrogens with one attached hydrogen (secondary N) is 2. The number of ether oxygens (including phenoxy) is 1. The van der Waals surface area contributed by atoms with Crippen LogP contribution in [0.15, 0.2) is 65.3 Å². The molecule has 0 aliphatic carbocycles. The van der Waals surface area contributed by atoms with E-state index >= 15 is 0 Å². The van der Waals surface area contributed by atoms with Crippen LogP contribution in [-0.4, -0.2) is 33.2 Å². The number of aryl methyl sites for hydroxylation is 3. The zero-order chi connectivity index (χ0) is 24.8. The fourth-order valence-corrected chi connectivity index (χ4v) is 3.35. The molecule has 9 nitrogen and oxygen atoms in total. The van der Waals surface area contributed by atoms with Gasteiger partial charge in [-0.15, -0.1) is 0 Å². The number of rotatable bonds is 9. The van der Waals surface area contributed by atoms with E-state index in [1.165, 1.54) is 6.20 Å². The van der Waals surface area contributed by atoms with Crippen molar-refractivity contribution in [1.82, 2.24) is 20.1 Å². The number of oxazole rings is 1. The predicted molar refractivity (Wildman–Crippen MR) is 131 cm³/mol. The van der Waals surface area contributed by atoms with Crippen molar-refractivity contribution in [2.75, 3.05) is 11.9 Å². The molecule has 0 spiro atoms. The van der Waals surface area contributed by atoms with Crippen LogP contribution < -0.4 is 15.4 Å². The summed E-state index contributed by atoms with van der Waals surface area (Å²) < 4.78 is 13.0. The van der Waals surface area contributed by atoms with E-state index in [-0.39, 0.29) is 25.0 Å². The molecule has 0 bridgehead atoms. The molecule has 35 heavy (non-hydrogen) atoms. The molecular weight excluding hydrogens is 446 g/mol. The van der Waals surface area contributed by atoms with Crippen LogP contribution in [0, 0.1) is 13.8 Å². The number of aromatic nitrogens is 3. The second kappa shape index (κ2) is 10.7. The standard InChI is InChI=1S/C26H27N5O4/c1-4-31-15-20(13-28-31)25(33)27-14-23-18(3)35-26(30-23)19-6-5-7-21(12-19)29-24(32)16-34-22-10-8-17(2)9-11-22/h5-13,15H,4,14,16H2,1-3H3,(H,27,33)(H,29,32). The number of carbonyl (C=O) groups excluding carboxylic acids is 2. The van der Waals surface area contributed by atoms with Gasteiger partial charge in [-0.25, -0.2) is 4.98 Å². The maximum Gasteiger partial charge on any atom is 0.262 e. The zero-order valence-electron chi connectivity index (χ0n) is 19.9. The van der Waals surface area contributed by atoms with Crippen LogP contribution in [0.4, 0.5) is 5.69 Å². The monoisotopic (exact) mass is 473 g/mol. The minimum absolute atomic E-state index is 0.105. The zero-order valence-corrected chi connectivity index (χ0v) is 19.9. The number of hydrogen-bond acceptors (Lipinski definition) is 6. The fourth-order valence-electron chi connectivity index (χ4n) is 3.35. The molecule has 180 valence electrons. The second-order valence-corrected chi connectivity index (χ2v) is 8.02. The fraction of sp³-hybridized carbons (Fsp3) is 0.231. The Labute approximate surface area is 203 Å². The smallest absolute Gasteiger partial charge is 0.262 e. The SMILES string of the molecule is CCn1cc(C(=O)NCc2nc(-c3cccc(NC(=O)COc4ccc(C)cc4)c3)oc2C)cn1. The molecule has 4 rings (SSSR count). The van der Waals surface area contributed by atoms with Gasteiger partial charge in [0.1, 0.15) is 17.2 Å². The van der Waals surface area contributed by atoms with E-state index < -0.39 is 0 Å². The molecule has 2 N–H and O–H groups in total. The average molecular weight is 474 g/mol. The third kappa shape index (κ3) is 6.14. The molecule has 0 fully saturated rings. The Hall–Kier alpha value is -4.40. The molecule has 9 heteroatoms. The van der Waals surface area contributed by atoms with Crippen molar-refractivity contribution in [3.8, 4) is 17.2 Å². The van der Waals surface area contributed by atoms with Gasteiger partial charge in [0.25, 0.3) is 11.8 Å². The first kappa shape index (κ1) is 23.7. The maximum absolute atomic E-state index is 12.4. The first-order valence-electron chi connectivity index (χ1n) is 11.3. The molecule has 2 aromatic carbocycles. The van der Waals surface area contributed by atoms with Gasteiger partial charge in [-0.3, -0.25) is 14.3 Å². The summed E-state index contributed by atoms with van der Waals surface area (Å²) in [5, 5.41) is 9.78. The third-order valence-corrected chi connectivity index (χ3v) is 5.31. The van der Waals surface area contributed by atoms with Crippen LogP contribution in [-0.2, 0) is 17.9 Å². The topological polar surface area (TPSA) is 111 Å². The molecule has 0 unspecified atom stereocenters. The van der Waals surface area contributed by atoms with Crippen molar-refractivity contribution in [1.29, 1.82) is 0 Å². The number of hydrogen-bond donors (Lipinski definition) is 2. The van der Waals surface area contributed by atoms with Gasteiger partial charge in [0.05, 0.1) is 18.3 Å². The molecule has 2 amide bonds. The molecule has 0 aliphatic rings. The van der Waals surface area contributed by atoms with Crippen molar-refractivity contribution in [3.05, 3.63) is 83.5 Å². The summed E-state index contributed by atoms with van der Waals surface area (Å²) in [7, 11) is 0. The Morgan fingerprint density at radius 2 is 1.91 bits per heavy atom. The molecule has 0 atom stereocenters. The van der Waals surface area contributed by atoms with Crippen LogP contribution in [0.25, 0.3) is 11.5 Å². The molecule has 0 saturated carbocycles. The maximum atomic E-state index is 12.4. The van der Waals surface area contributed by atoms with Gasteiger partial charge in [0.15, 0.2) is 6.61 Å². The Balaban J connectivity index is 1.36. The van der Waals surface area contributed by atoms with Crippen LogP contribution in [0.5, 0.6) is 5.75 Å². The number of amides is 2. The minimum atomic E-state index is -0.277. The van der Waals surface area contributed by atoms with Crippen molar-refractivity contribution >= 4 is 17.5 Å². The van der Waals surface area contributed by atoms with Gasteiger partial charge < -0.3 is 19.8 Å². The van der Waals surface area contributed by atoms with E-state index in [4.69, 9.17) is 9.15 Å². The van der Waals surface area contributed by atoms with Crippen molar-refractivity contribution in [3.63, 3.8) is 0 Å². The molecule has 0 saturated heterocycles. The predicted octanol–water partition coefficient (Wildman–Crippen LogP) is 4.12. The molecule has 0 radical (unpaired) electrons. The number of nitrogens with zero attached hydrogens (tertiary/aromatic N) is 3. The van der Waals surface area contributed by atoms with Crippen LogP contribution >= 0.6 is 0 Å². The van der Waals surface area contributed by atoms with E-state index in [9.17, 15) is 9.59 Å². The summed E-state index contributed by atoms with van der Waals surface area (Å²) in [6.45, 7) is 6.54. The third-order valence-electron chi connectivity index (χ3n) is 5.31. The van der Waals surface area contributed by atoms with Crippen molar-refractivity contribution < 1.29 is 18.7 Å². The van der Waals surface area contributed by atoms with Crippen LogP contribution in [0.2, 0.25) is 0 Å². The average Bonchev–Trinajstić information content (AvgIpc) is 3.49. The number of anilines is 1. The Bertz CT molecular complexity index is 1320. The molecule has 4 aromatic rings. The lowest BCUT2D eigenvalue weighted by Gasteiger charge is -2.08. The van der Waals surface area contributed by atoms with E-state index in [0.29, 0.717) is 46.5 Å². The summed E-state index contributed by atoms with van der Waals surface area (Å²) >= 11 is 0. The Morgan fingerprint density at radius 3 is 2.66 bits per heavy atom. The Kier molecular flexibility index (Phi) is 7.25. The van der Waals surface area contributed by atoms with Gasteiger partial charge in [-0.1, -0.05) is 23.8 Å². The minimum Gasteiger partial charge on any atom is -0.484 e. The summed E-state index contributed by atoms with van der Waals surface area (Å²) in [4.78, 5) is 29.2. The van der Waals surface area contributed by atoms with Gasteiger partial charge in [0, 0.05) is 24.0 Å². The normalized spacial score (nSPS) is 10.7. The van der Waals surface area contributed by atoms with Crippen molar-refractivity contribution in [2.45, 2.75) is 33.9 Å². The highest BCUT2D eigenvalue weighted by Gasteiger charge is 2.15. The second-order valence-electron chi connectivity index (χ2n) is 8.02. The highest BCUT2D eigenvalue weighted by atomic mass is 16.5. The first-order valence-corrected chi connectivity index (χ1v) is 11.3. The lowest BCUT2D eigenvalue weighted by Crippen LogP contribution is -2.23. The highest BCUT2D eigenvalue weighted by molar-refractivity contribution is 5.93. The van der Waals surface area contributed by atoms with E-state index in [2.05, 4.69) is 20.7 Å². The summed E-state index contributed by atoms with van der Waals surface area (Å²) in [5.74, 6) is 1.13. The summed E-state index contributed by atoms with van der Waals surface area (Å²) in [6, 6.07) is 14.7. The van der Waals surface area contributed by atoms with Crippen LogP contribution in [0.3, 0.4) is 0 Å². The quantitative estimate of drug-likeness (QED) is 0.378. The van der Waals surface area contributed by atoms with Gasteiger partial charge in [-0.2, -0.15) is 5.10 Å². The Morgan fingerprint density at radius 1 is 1.11 bits per heavy atom. The van der Waals surface area contributed by atoms with Gasteiger partial charge >= 0.3 is 0 Å². The van der Waals surface area contributed by atoms with E-state index in [1.54, 1.807) is 36.0 Å². The largest absolute Gasteiger partial charge is 0.484 e. The summed E-state index contributed by atoms with van der Waals surface area (Å²) in [6.07, 6.45) is 3.23. The van der Waals surface area contributed by atoms with Crippen LogP contribution in [0.1, 0.15) is 34.3 Å². The van der Waals surface area contributed by atoms with E-state index in [1.807, 2.05) is 44.2 Å².